The molecule has 2 amide bonds. The molecule has 0 N–H and O–H groups in total. The molecule has 0 bridgehead atoms. The van der Waals surface area contributed by atoms with Crippen LogP contribution in [-0.4, -0.2) is 82.1 Å². The van der Waals surface area contributed by atoms with Gasteiger partial charge in [0.05, 0.1) is 46.5 Å². The number of carbonyl (C=O) groups is 2. The van der Waals surface area contributed by atoms with Gasteiger partial charge in [0.2, 0.25) is 5.91 Å². The maximum Gasteiger partial charge on any atom is 0.254 e. The average molecular weight is 497 g/mol. The molecule has 192 valence electrons. The highest BCUT2D eigenvalue weighted by Crippen LogP contribution is 2.47. The Labute approximate surface area is 210 Å². The number of ether oxygens (including phenoxy) is 5. The first-order chi connectivity index (χ1) is 17.4. The van der Waals surface area contributed by atoms with E-state index in [-0.39, 0.29) is 11.8 Å². The molecule has 0 aliphatic carbocycles. The molecule has 9 nitrogen and oxygen atoms in total. The Hall–Kier alpha value is -3.30. The fraction of sp³-hybridized carbons (Fsp3) is 0.481. The van der Waals surface area contributed by atoms with E-state index in [4.69, 9.17) is 23.7 Å². The van der Waals surface area contributed by atoms with E-state index in [1.807, 2.05) is 29.2 Å². The van der Waals surface area contributed by atoms with Gasteiger partial charge in [-0.3, -0.25) is 9.59 Å². The molecule has 36 heavy (non-hydrogen) atoms. The molecule has 1 spiro atoms. The van der Waals surface area contributed by atoms with Crippen LogP contribution in [0, 0.1) is 0 Å². The quantitative estimate of drug-likeness (QED) is 0.629. The lowest BCUT2D eigenvalue weighted by atomic mass is 9.78. The van der Waals surface area contributed by atoms with Crippen molar-refractivity contribution in [2.45, 2.75) is 30.6 Å². The highest BCUT2D eigenvalue weighted by molar-refractivity contribution is 6.02. The van der Waals surface area contributed by atoms with Crippen molar-refractivity contribution in [2.75, 3.05) is 54.7 Å². The van der Waals surface area contributed by atoms with Crippen LogP contribution in [0.5, 0.6) is 17.2 Å². The Morgan fingerprint density at radius 3 is 2.14 bits per heavy atom. The van der Waals surface area contributed by atoms with Crippen LogP contribution in [-0.2, 0) is 14.3 Å². The van der Waals surface area contributed by atoms with Crippen molar-refractivity contribution in [2.24, 2.45) is 0 Å². The lowest BCUT2D eigenvalue weighted by molar-refractivity contribution is -0.188. The molecule has 2 saturated heterocycles. The summed E-state index contributed by atoms with van der Waals surface area (Å²) >= 11 is 0. The Morgan fingerprint density at radius 2 is 1.56 bits per heavy atom. The zero-order valence-electron chi connectivity index (χ0n) is 21.1. The number of nitrogens with zero attached hydrogens (tertiary/aromatic N) is 2. The van der Waals surface area contributed by atoms with Gasteiger partial charge >= 0.3 is 0 Å². The topological polar surface area (TPSA) is 86.8 Å². The van der Waals surface area contributed by atoms with Crippen LogP contribution < -0.4 is 14.2 Å². The van der Waals surface area contributed by atoms with Gasteiger partial charge in [0.25, 0.3) is 5.91 Å². The monoisotopic (exact) mass is 496 g/mol. The third kappa shape index (κ3) is 4.06. The van der Waals surface area contributed by atoms with Crippen LogP contribution in [0.2, 0.25) is 0 Å². The van der Waals surface area contributed by atoms with E-state index in [1.54, 1.807) is 38.3 Å². The van der Waals surface area contributed by atoms with E-state index >= 15 is 0 Å². The molecule has 0 radical (unpaired) electrons. The molecule has 2 fully saturated rings. The summed E-state index contributed by atoms with van der Waals surface area (Å²) in [5, 5.41) is 0. The summed E-state index contributed by atoms with van der Waals surface area (Å²) in [6, 6.07) is 10.4. The van der Waals surface area contributed by atoms with Gasteiger partial charge in [-0.15, -0.1) is 0 Å². The molecule has 5 rings (SSSR count). The van der Waals surface area contributed by atoms with Gasteiger partial charge in [0, 0.05) is 38.5 Å². The second kappa shape index (κ2) is 9.63. The van der Waals surface area contributed by atoms with Gasteiger partial charge in [-0.05, 0) is 35.4 Å². The Bertz CT molecular complexity index is 1130. The van der Waals surface area contributed by atoms with Crippen molar-refractivity contribution in [3.8, 4) is 17.2 Å². The van der Waals surface area contributed by atoms with Crippen LogP contribution in [0.3, 0.4) is 0 Å². The van der Waals surface area contributed by atoms with Crippen molar-refractivity contribution in [3.05, 3.63) is 53.1 Å². The number of likely N-dealkylation sites (N-methyl/N-ethyl adjacent to an activating group) is 1. The van der Waals surface area contributed by atoms with Crippen molar-refractivity contribution in [3.63, 3.8) is 0 Å². The molecule has 3 heterocycles. The average Bonchev–Trinajstić information content (AvgIpc) is 3.37. The van der Waals surface area contributed by atoms with E-state index in [1.165, 1.54) is 7.11 Å². The van der Waals surface area contributed by atoms with E-state index < -0.39 is 17.7 Å². The zero-order chi connectivity index (χ0) is 25.4. The van der Waals surface area contributed by atoms with Crippen molar-refractivity contribution >= 4 is 11.8 Å². The number of hydrogen-bond acceptors (Lipinski definition) is 7. The number of piperidine rings is 1. The molecular formula is C27H32N2O7. The van der Waals surface area contributed by atoms with E-state index in [0.717, 1.165) is 5.56 Å². The van der Waals surface area contributed by atoms with Crippen molar-refractivity contribution in [1.29, 1.82) is 0 Å². The summed E-state index contributed by atoms with van der Waals surface area (Å²) in [5.74, 6) is 0.192. The predicted molar refractivity (Wildman–Crippen MR) is 131 cm³/mol. The molecular weight excluding hydrogens is 464 g/mol. The second-order valence-corrected chi connectivity index (χ2v) is 9.34. The highest BCUT2D eigenvalue weighted by Gasteiger charge is 2.47. The van der Waals surface area contributed by atoms with Crippen molar-refractivity contribution in [1.82, 2.24) is 9.80 Å². The van der Waals surface area contributed by atoms with Crippen LogP contribution in [0.1, 0.15) is 46.3 Å². The molecule has 0 aromatic heterocycles. The molecule has 2 aromatic carbocycles. The predicted octanol–water partition coefficient (Wildman–Crippen LogP) is 2.99. The van der Waals surface area contributed by atoms with Crippen LogP contribution in [0.15, 0.2) is 36.4 Å². The SMILES string of the molecule is COc1ccc([C@H]2[C@H](C(=O)N3CCC4(CC3)OCCO4)c3cc(OC)c(OC)cc3C(=O)N2C)cc1. The number of hydrogen-bond donors (Lipinski definition) is 0. The number of rotatable bonds is 5. The summed E-state index contributed by atoms with van der Waals surface area (Å²) in [7, 11) is 6.42. The van der Waals surface area contributed by atoms with Gasteiger partial charge in [0.1, 0.15) is 5.75 Å². The third-order valence-corrected chi connectivity index (χ3v) is 7.55. The minimum atomic E-state index is -0.629. The van der Waals surface area contributed by atoms with Crippen LogP contribution >= 0.6 is 0 Å². The number of likely N-dealkylation sites (tertiary alicyclic amines) is 1. The van der Waals surface area contributed by atoms with Gasteiger partial charge in [-0.2, -0.15) is 0 Å². The molecule has 9 heteroatoms. The van der Waals surface area contributed by atoms with Gasteiger partial charge in [-0.25, -0.2) is 0 Å². The van der Waals surface area contributed by atoms with Crippen LogP contribution in [0.4, 0.5) is 0 Å². The largest absolute Gasteiger partial charge is 0.497 e. The summed E-state index contributed by atoms with van der Waals surface area (Å²) in [4.78, 5) is 31.3. The molecule has 0 saturated carbocycles. The third-order valence-electron chi connectivity index (χ3n) is 7.55. The summed E-state index contributed by atoms with van der Waals surface area (Å²) in [6.45, 7) is 2.20. The minimum absolute atomic E-state index is 0.0449. The minimum Gasteiger partial charge on any atom is -0.497 e. The number of benzene rings is 2. The first kappa shape index (κ1) is 24.4. The molecule has 0 unspecified atom stereocenters. The zero-order valence-corrected chi connectivity index (χ0v) is 21.1. The first-order valence-corrected chi connectivity index (χ1v) is 12.1. The van der Waals surface area contributed by atoms with Gasteiger partial charge < -0.3 is 33.5 Å². The van der Waals surface area contributed by atoms with Crippen LogP contribution in [0.25, 0.3) is 0 Å². The molecule has 2 atom stereocenters. The molecule has 3 aliphatic heterocycles. The normalized spacial score (nSPS) is 22.9. The molecule has 3 aliphatic rings. The summed E-state index contributed by atoms with van der Waals surface area (Å²) < 4.78 is 28.0. The first-order valence-electron chi connectivity index (χ1n) is 12.1. The Morgan fingerprint density at radius 1 is 0.944 bits per heavy atom. The maximum atomic E-state index is 14.2. The second-order valence-electron chi connectivity index (χ2n) is 9.34. The number of amides is 2. The Balaban J connectivity index is 1.57. The summed E-state index contributed by atoms with van der Waals surface area (Å²) in [6.07, 6.45) is 1.23. The van der Waals surface area contributed by atoms with E-state index in [0.29, 0.717) is 67.5 Å². The Kier molecular flexibility index (Phi) is 6.53. The highest BCUT2D eigenvalue weighted by atomic mass is 16.7. The van der Waals surface area contributed by atoms with Gasteiger partial charge in [-0.1, -0.05) is 12.1 Å². The van der Waals surface area contributed by atoms with E-state index in [9.17, 15) is 9.59 Å². The lowest BCUT2D eigenvalue weighted by Gasteiger charge is -2.44. The van der Waals surface area contributed by atoms with Crippen molar-refractivity contribution < 1.29 is 33.3 Å². The lowest BCUT2D eigenvalue weighted by Crippen LogP contribution is -2.51. The number of fused-ring (bicyclic) bond motifs is 1. The number of carbonyl (C=O) groups excluding carboxylic acids is 2. The number of methoxy groups -OCH3 is 3. The smallest absolute Gasteiger partial charge is 0.254 e. The molecule has 2 aromatic rings. The van der Waals surface area contributed by atoms with Gasteiger partial charge in [0.15, 0.2) is 17.3 Å². The fourth-order valence-electron chi connectivity index (χ4n) is 5.58. The summed E-state index contributed by atoms with van der Waals surface area (Å²) in [5.41, 5.74) is 1.92. The fourth-order valence-corrected chi connectivity index (χ4v) is 5.58. The standard InChI is InChI=1S/C27H32N2O7/c1-28-24(17-5-7-18(32-2)8-6-17)23(19-15-21(33-3)22(34-4)16-20(19)25(28)30)26(31)29-11-9-27(10-12-29)35-13-14-36-27/h5-8,15-16,23-24H,9-14H2,1-4H3/t23-,24+/m1/s1. The van der Waals surface area contributed by atoms with E-state index in [2.05, 4.69) is 0 Å². The maximum absolute atomic E-state index is 14.2.